The largest absolute Gasteiger partial charge is 0.438 e. The summed E-state index contributed by atoms with van der Waals surface area (Å²) in [5.74, 6) is 0.969. The number of benzene rings is 1. The molecule has 1 saturated heterocycles. The number of carbonyl (C=O) groups excluding carboxylic acids is 1. The van der Waals surface area contributed by atoms with Gasteiger partial charge in [0.25, 0.3) is 15.9 Å². The smallest absolute Gasteiger partial charge is 0.287 e. The molecule has 0 aliphatic carbocycles. The summed E-state index contributed by atoms with van der Waals surface area (Å²) in [5, 5.41) is 2.51. The molecule has 1 aliphatic heterocycles. The van der Waals surface area contributed by atoms with Gasteiger partial charge in [-0.25, -0.2) is 13.1 Å². The molecule has 0 spiro atoms. The van der Waals surface area contributed by atoms with Crippen LogP contribution in [0.4, 0.5) is 0 Å². The van der Waals surface area contributed by atoms with Gasteiger partial charge in [0.05, 0.1) is 0 Å². The molecule has 32 heavy (non-hydrogen) atoms. The molecule has 1 fully saturated rings. The van der Waals surface area contributed by atoms with E-state index in [2.05, 4.69) is 40.9 Å². The zero-order chi connectivity index (χ0) is 23.5. The standard InChI is InChI=1S/C24H35N3O4S/c1-17-12-18(2)15-27(14-17)16-20-8-6-19(7-9-20)13-25-23(28)21-10-11-22(31-21)32(29,30)26-24(3,4)5/h6-11,17-18,26H,12-16H2,1-5H3,(H,25,28). The minimum absolute atomic E-state index is 0.0377. The highest BCUT2D eigenvalue weighted by Crippen LogP contribution is 2.22. The van der Waals surface area contributed by atoms with E-state index >= 15 is 0 Å². The van der Waals surface area contributed by atoms with E-state index in [1.54, 1.807) is 20.8 Å². The lowest BCUT2D eigenvalue weighted by molar-refractivity contribution is 0.0918. The van der Waals surface area contributed by atoms with Crippen molar-refractivity contribution in [3.05, 3.63) is 53.3 Å². The predicted octanol–water partition coefficient (Wildman–Crippen LogP) is 3.76. The number of carbonyl (C=O) groups is 1. The molecule has 1 aliphatic rings. The van der Waals surface area contributed by atoms with Crippen LogP contribution in [0.15, 0.2) is 45.9 Å². The maximum Gasteiger partial charge on any atom is 0.287 e. The molecule has 176 valence electrons. The minimum atomic E-state index is -3.82. The monoisotopic (exact) mass is 461 g/mol. The van der Waals surface area contributed by atoms with E-state index < -0.39 is 21.5 Å². The van der Waals surface area contributed by atoms with Crippen LogP contribution in [0.25, 0.3) is 0 Å². The molecule has 2 N–H and O–H groups in total. The number of likely N-dealkylation sites (tertiary alicyclic amines) is 1. The Morgan fingerprint density at radius 1 is 1.03 bits per heavy atom. The Kier molecular flexibility index (Phi) is 7.47. The number of amides is 1. The second-order valence-corrected chi connectivity index (χ2v) is 11.7. The van der Waals surface area contributed by atoms with Crippen LogP contribution < -0.4 is 10.0 Å². The van der Waals surface area contributed by atoms with Gasteiger partial charge in [0.1, 0.15) is 0 Å². The zero-order valence-electron chi connectivity index (χ0n) is 19.6. The first-order chi connectivity index (χ1) is 14.9. The molecule has 2 atom stereocenters. The van der Waals surface area contributed by atoms with Crippen molar-refractivity contribution in [2.24, 2.45) is 11.8 Å². The summed E-state index contributed by atoms with van der Waals surface area (Å²) < 4.78 is 32.5. The minimum Gasteiger partial charge on any atom is -0.438 e. The lowest BCUT2D eigenvalue weighted by Gasteiger charge is -2.35. The number of rotatable bonds is 7. The summed E-state index contributed by atoms with van der Waals surface area (Å²) in [6.45, 7) is 13.4. The topological polar surface area (TPSA) is 91.7 Å². The Morgan fingerprint density at radius 3 is 2.22 bits per heavy atom. The third-order valence-corrected chi connectivity index (χ3v) is 6.97. The van der Waals surface area contributed by atoms with Crippen molar-refractivity contribution in [1.29, 1.82) is 0 Å². The highest BCUT2D eigenvalue weighted by Gasteiger charge is 2.26. The van der Waals surface area contributed by atoms with E-state index in [9.17, 15) is 13.2 Å². The molecule has 1 amide bonds. The summed E-state index contributed by atoms with van der Waals surface area (Å²) >= 11 is 0. The van der Waals surface area contributed by atoms with Crippen molar-refractivity contribution in [3.8, 4) is 0 Å². The van der Waals surface area contributed by atoms with Crippen LogP contribution in [0.3, 0.4) is 0 Å². The molecule has 0 bridgehead atoms. The average molecular weight is 462 g/mol. The van der Waals surface area contributed by atoms with Crippen LogP contribution in [-0.4, -0.2) is 37.9 Å². The number of sulfonamides is 1. The van der Waals surface area contributed by atoms with E-state index in [1.807, 2.05) is 12.1 Å². The van der Waals surface area contributed by atoms with Gasteiger partial charge in [0, 0.05) is 31.7 Å². The predicted molar refractivity (Wildman–Crippen MR) is 125 cm³/mol. The molecular weight excluding hydrogens is 426 g/mol. The van der Waals surface area contributed by atoms with Gasteiger partial charge >= 0.3 is 0 Å². The molecule has 1 aromatic carbocycles. The van der Waals surface area contributed by atoms with E-state index in [0.29, 0.717) is 6.54 Å². The summed E-state index contributed by atoms with van der Waals surface area (Å²) in [4.78, 5) is 14.9. The fourth-order valence-corrected chi connectivity index (χ4v) is 5.60. The quantitative estimate of drug-likeness (QED) is 0.655. The summed E-state index contributed by atoms with van der Waals surface area (Å²) in [5.41, 5.74) is 1.58. The molecule has 0 radical (unpaired) electrons. The van der Waals surface area contributed by atoms with Crippen LogP contribution in [0, 0.1) is 11.8 Å². The molecular formula is C24H35N3O4S. The second-order valence-electron chi connectivity index (χ2n) is 10.1. The second kappa shape index (κ2) is 9.77. The van der Waals surface area contributed by atoms with Gasteiger partial charge in [-0.05, 0) is 62.3 Å². The van der Waals surface area contributed by atoms with Crippen molar-refractivity contribution < 1.29 is 17.6 Å². The van der Waals surface area contributed by atoms with Crippen LogP contribution in [0.5, 0.6) is 0 Å². The van der Waals surface area contributed by atoms with Gasteiger partial charge in [0.2, 0.25) is 5.09 Å². The lowest BCUT2D eigenvalue weighted by atomic mass is 9.91. The maximum atomic E-state index is 12.4. The third kappa shape index (κ3) is 6.92. The Morgan fingerprint density at radius 2 is 1.62 bits per heavy atom. The number of piperidine rings is 1. The first-order valence-electron chi connectivity index (χ1n) is 11.1. The van der Waals surface area contributed by atoms with E-state index in [-0.39, 0.29) is 10.9 Å². The van der Waals surface area contributed by atoms with Crippen LogP contribution in [-0.2, 0) is 23.1 Å². The first kappa shape index (κ1) is 24.5. The molecule has 2 unspecified atom stereocenters. The average Bonchev–Trinajstić information content (AvgIpc) is 3.16. The first-order valence-corrected chi connectivity index (χ1v) is 12.6. The van der Waals surface area contributed by atoms with Gasteiger partial charge in [-0.15, -0.1) is 0 Å². The fraction of sp³-hybridized carbons (Fsp3) is 0.542. The number of nitrogens with zero attached hydrogens (tertiary/aromatic N) is 1. The summed E-state index contributed by atoms with van der Waals surface area (Å²) in [6, 6.07) is 10.9. The van der Waals surface area contributed by atoms with Crippen molar-refractivity contribution in [3.63, 3.8) is 0 Å². The maximum absolute atomic E-state index is 12.4. The van der Waals surface area contributed by atoms with Crippen molar-refractivity contribution in [2.75, 3.05) is 13.1 Å². The summed E-state index contributed by atoms with van der Waals surface area (Å²) in [7, 11) is -3.82. The molecule has 2 aromatic rings. The molecule has 8 heteroatoms. The lowest BCUT2D eigenvalue weighted by Crippen LogP contribution is -2.40. The SMILES string of the molecule is CC1CC(C)CN(Cc2ccc(CNC(=O)c3ccc(S(=O)(=O)NC(C)(C)C)o3)cc2)C1. The van der Waals surface area contributed by atoms with Crippen molar-refractivity contribution in [1.82, 2.24) is 14.9 Å². The number of hydrogen-bond acceptors (Lipinski definition) is 5. The Balaban J connectivity index is 1.54. The third-order valence-electron chi connectivity index (χ3n) is 5.34. The Hall–Kier alpha value is -2.16. The molecule has 0 saturated carbocycles. The normalized spacial score (nSPS) is 20.3. The number of nitrogens with one attached hydrogen (secondary N) is 2. The van der Waals surface area contributed by atoms with E-state index in [1.165, 1.54) is 24.1 Å². The highest BCUT2D eigenvalue weighted by atomic mass is 32.2. The van der Waals surface area contributed by atoms with Crippen LogP contribution in [0.1, 0.15) is 62.7 Å². The molecule has 7 nitrogen and oxygen atoms in total. The molecule has 1 aromatic heterocycles. The van der Waals surface area contributed by atoms with E-state index in [0.717, 1.165) is 37.0 Å². The molecule has 2 heterocycles. The molecule has 3 rings (SSSR count). The van der Waals surface area contributed by atoms with Gasteiger partial charge in [-0.2, -0.15) is 0 Å². The van der Waals surface area contributed by atoms with Crippen LogP contribution in [0.2, 0.25) is 0 Å². The Bertz CT molecular complexity index is 1010. The van der Waals surface area contributed by atoms with E-state index in [4.69, 9.17) is 4.42 Å². The van der Waals surface area contributed by atoms with Crippen LogP contribution >= 0.6 is 0 Å². The fourth-order valence-electron chi connectivity index (χ4n) is 4.25. The van der Waals surface area contributed by atoms with Gasteiger partial charge in [0.15, 0.2) is 5.76 Å². The van der Waals surface area contributed by atoms with Crippen molar-refractivity contribution in [2.45, 2.75) is 64.8 Å². The van der Waals surface area contributed by atoms with Gasteiger partial charge in [-0.1, -0.05) is 38.1 Å². The highest BCUT2D eigenvalue weighted by molar-refractivity contribution is 7.89. The zero-order valence-corrected chi connectivity index (χ0v) is 20.5. The van der Waals surface area contributed by atoms with Crippen molar-refractivity contribution >= 4 is 15.9 Å². The Labute approximate surface area is 191 Å². The van der Waals surface area contributed by atoms with Gasteiger partial charge < -0.3 is 9.73 Å². The summed E-state index contributed by atoms with van der Waals surface area (Å²) in [6.07, 6.45) is 1.30. The van der Waals surface area contributed by atoms with Gasteiger partial charge in [-0.3, -0.25) is 9.69 Å². The number of hydrogen-bond donors (Lipinski definition) is 2. The number of furan rings is 1.